The molecule has 63 valence electrons. The molecule has 12 heavy (non-hydrogen) atoms. The summed E-state index contributed by atoms with van der Waals surface area (Å²) in [7, 11) is 0. The molecule has 0 heteroatoms. The minimum Gasteiger partial charge on any atom is -0.0879 e. The molecule has 0 fully saturated rings. The van der Waals surface area contributed by atoms with Crippen LogP contribution in [0, 0.1) is 6.08 Å². The lowest BCUT2D eigenvalue weighted by Gasteiger charge is -1.87. The van der Waals surface area contributed by atoms with E-state index in [4.69, 9.17) is 0 Å². The van der Waals surface area contributed by atoms with Crippen LogP contribution in [0.5, 0.6) is 0 Å². The van der Waals surface area contributed by atoms with E-state index in [0.29, 0.717) is 0 Å². The average molecular weight is 159 g/mol. The van der Waals surface area contributed by atoms with Crippen molar-refractivity contribution >= 4 is 0 Å². The summed E-state index contributed by atoms with van der Waals surface area (Å²) in [6.07, 6.45) is 22.5. The Labute approximate surface area is 75.0 Å². The van der Waals surface area contributed by atoms with Crippen molar-refractivity contribution in [3.8, 4) is 0 Å². The zero-order chi connectivity index (χ0) is 8.49. The van der Waals surface area contributed by atoms with Crippen molar-refractivity contribution in [1.29, 1.82) is 0 Å². The molecule has 0 aromatic carbocycles. The van der Waals surface area contributed by atoms with Crippen LogP contribution in [-0.4, -0.2) is 0 Å². The first kappa shape index (κ1) is 9.05. The fourth-order valence-corrected chi connectivity index (χ4v) is 1.03. The van der Waals surface area contributed by atoms with Crippen LogP contribution in [0.25, 0.3) is 0 Å². The lowest BCUT2D eigenvalue weighted by atomic mass is 10.2. The Hall–Kier alpha value is -1.04. The average Bonchev–Trinajstić information content (AvgIpc) is 2.05. The van der Waals surface area contributed by atoms with Crippen LogP contribution < -0.4 is 0 Å². The molecule has 0 spiro atoms. The number of hydrogen-bond acceptors (Lipinski definition) is 0. The van der Waals surface area contributed by atoms with Crippen LogP contribution in [0.1, 0.15) is 25.7 Å². The van der Waals surface area contributed by atoms with Gasteiger partial charge in [-0.15, -0.1) is 0 Å². The Morgan fingerprint density at radius 1 is 0.833 bits per heavy atom. The first-order valence-corrected chi connectivity index (χ1v) is 4.52. The summed E-state index contributed by atoms with van der Waals surface area (Å²) in [4.78, 5) is 0. The summed E-state index contributed by atoms with van der Waals surface area (Å²) in [6.45, 7) is 0. The Morgan fingerprint density at radius 2 is 1.58 bits per heavy atom. The Kier molecular flexibility index (Phi) is 5.02. The van der Waals surface area contributed by atoms with Gasteiger partial charge in [-0.05, 0) is 31.8 Å². The van der Waals surface area contributed by atoms with Gasteiger partial charge in [-0.3, -0.25) is 0 Å². The second kappa shape index (κ2) is 6.66. The highest BCUT2D eigenvalue weighted by atomic mass is 13.8. The predicted octanol–water partition coefficient (Wildman–Crippen LogP) is 3.59. The van der Waals surface area contributed by atoms with E-state index in [1.54, 1.807) is 0 Å². The van der Waals surface area contributed by atoms with Crippen molar-refractivity contribution in [1.82, 2.24) is 0 Å². The Morgan fingerprint density at radius 3 is 2.50 bits per heavy atom. The third-order valence-electron chi connectivity index (χ3n) is 1.68. The topological polar surface area (TPSA) is 0 Å². The maximum atomic E-state index is 3.22. The Bertz CT molecular complexity index is 204. The third kappa shape index (κ3) is 4.73. The van der Waals surface area contributed by atoms with Gasteiger partial charge < -0.3 is 0 Å². The minimum absolute atomic E-state index is 1.03. The van der Waals surface area contributed by atoms with Gasteiger partial charge in [-0.25, -0.2) is 0 Å². The van der Waals surface area contributed by atoms with Gasteiger partial charge in [-0.2, -0.15) is 0 Å². The molecule has 0 saturated carbocycles. The van der Waals surface area contributed by atoms with Gasteiger partial charge in [0.25, 0.3) is 0 Å². The summed E-state index contributed by atoms with van der Waals surface area (Å²) >= 11 is 0. The SMILES string of the molecule is [C]1=C\C=C\C/C=C\C/C=C\CC/1. The monoisotopic (exact) mass is 159 g/mol. The number of hydrogen-bond donors (Lipinski definition) is 0. The van der Waals surface area contributed by atoms with Gasteiger partial charge in [0.1, 0.15) is 0 Å². The van der Waals surface area contributed by atoms with Crippen molar-refractivity contribution < 1.29 is 0 Å². The molecule has 1 aliphatic carbocycles. The van der Waals surface area contributed by atoms with Crippen LogP contribution in [0.3, 0.4) is 0 Å². The second-order valence-corrected chi connectivity index (χ2v) is 2.75. The highest BCUT2D eigenvalue weighted by Crippen LogP contribution is 1.97. The van der Waals surface area contributed by atoms with Gasteiger partial charge in [0, 0.05) is 0 Å². The molecule has 0 heterocycles. The van der Waals surface area contributed by atoms with Gasteiger partial charge in [0.15, 0.2) is 0 Å². The quantitative estimate of drug-likeness (QED) is 0.474. The molecule has 1 rings (SSSR count). The molecule has 0 aromatic rings. The lowest BCUT2D eigenvalue weighted by molar-refractivity contribution is 1.02. The molecule has 0 aromatic heterocycles. The minimum atomic E-state index is 1.03. The van der Waals surface area contributed by atoms with Crippen molar-refractivity contribution in [2.45, 2.75) is 25.7 Å². The normalized spacial score (nSPS) is 29.3. The third-order valence-corrected chi connectivity index (χ3v) is 1.68. The molecule has 1 radical (unpaired) electrons. The van der Waals surface area contributed by atoms with Gasteiger partial charge >= 0.3 is 0 Å². The summed E-state index contributed by atoms with van der Waals surface area (Å²) < 4.78 is 0. The maximum absolute atomic E-state index is 3.22. The molecule has 0 amide bonds. The number of allylic oxidation sites excluding steroid dienone is 8. The highest BCUT2D eigenvalue weighted by Gasteiger charge is 1.78. The zero-order valence-electron chi connectivity index (χ0n) is 7.37. The lowest BCUT2D eigenvalue weighted by Crippen LogP contribution is -1.68. The van der Waals surface area contributed by atoms with E-state index >= 15 is 0 Å². The fraction of sp³-hybridized carbons (Fsp3) is 0.333. The van der Waals surface area contributed by atoms with Crippen LogP contribution in [0.4, 0.5) is 0 Å². The molecule has 0 saturated heterocycles. The molecular weight excluding hydrogens is 144 g/mol. The van der Waals surface area contributed by atoms with E-state index < -0.39 is 0 Å². The summed E-state index contributed by atoms with van der Waals surface area (Å²) in [5, 5.41) is 0. The van der Waals surface area contributed by atoms with E-state index in [-0.39, 0.29) is 0 Å². The molecular formula is C12H15. The van der Waals surface area contributed by atoms with Crippen molar-refractivity contribution in [3.05, 3.63) is 48.6 Å². The summed E-state index contributed by atoms with van der Waals surface area (Å²) in [5.74, 6) is 0. The molecule has 0 unspecified atom stereocenters. The first-order valence-electron chi connectivity index (χ1n) is 4.52. The predicted molar refractivity (Wildman–Crippen MR) is 53.7 cm³/mol. The fourth-order valence-electron chi connectivity index (χ4n) is 1.03. The van der Waals surface area contributed by atoms with E-state index in [2.05, 4.69) is 42.5 Å². The van der Waals surface area contributed by atoms with Gasteiger partial charge in [0.2, 0.25) is 0 Å². The van der Waals surface area contributed by atoms with E-state index in [1.165, 1.54) is 0 Å². The molecule has 0 atom stereocenters. The standard InChI is InChI=1S/C12H15/c1-2-4-6-8-10-12-11-9-7-5-3-1/h1-3,6,8,11-12H,4,7,9-10H2/b2-1+,5-3?,8-6-,12-11-. The Balaban J connectivity index is 2.41. The van der Waals surface area contributed by atoms with Crippen molar-refractivity contribution in [2.75, 3.05) is 0 Å². The molecule has 0 bridgehead atoms. The molecule has 1 aliphatic rings. The molecule has 0 nitrogen and oxygen atoms in total. The van der Waals surface area contributed by atoms with Crippen molar-refractivity contribution in [3.63, 3.8) is 0 Å². The molecule has 0 aliphatic heterocycles. The van der Waals surface area contributed by atoms with Crippen LogP contribution in [0.2, 0.25) is 0 Å². The van der Waals surface area contributed by atoms with E-state index in [0.717, 1.165) is 25.7 Å². The van der Waals surface area contributed by atoms with Crippen LogP contribution in [-0.2, 0) is 0 Å². The van der Waals surface area contributed by atoms with E-state index in [9.17, 15) is 0 Å². The largest absolute Gasteiger partial charge is 0.0879 e. The second-order valence-electron chi connectivity index (χ2n) is 2.75. The van der Waals surface area contributed by atoms with Crippen LogP contribution >= 0.6 is 0 Å². The van der Waals surface area contributed by atoms with Crippen LogP contribution in [0.15, 0.2) is 42.5 Å². The summed E-state index contributed by atoms with van der Waals surface area (Å²) in [5.41, 5.74) is 0. The number of rotatable bonds is 0. The zero-order valence-corrected chi connectivity index (χ0v) is 7.37. The smallest absolute Gasteiger partial charge is 0.0166 e. The van der Waals surface area contributed by atoms with Gasteiger partial charge in [0.05, 0.1) is 0 Å². The summed E-state index contributed by atoms with van der Waals surface area (Å²) in [6, 6.07) is 0. The van der Waals surface area contributed by atoms with Gasteiger partial charge in [-0.1, -0.05) is 42.5 Å². The maximum Gasteiger partial charge on any atom is -0.0166 e. The molecule has 0 N–H and O–H groups in total. The van der Waals surface area contributed by atoms with Crippen molar-refractivity contribution in [2.24, 2.45) is 0 Å². The first-order chi connectivity index (χ1) is 6.00. The highest BCUT2D eigenvalue weighted by molar-refractivity contribution is 5.04. The van der Waals surface area contributed by atoms with E-state index in [1.807, 2.05) is 6.08 Å².